The molecule has 17 nitrogen and oxygen atoms in total. The lowest BCUT2D eigenvalue weighted by Crippen LogP contribution is -2.66. The normalized spacial score (nSPS) is 58.9. The first kappa shape index (κ1) is 46.2. The van der Waals surface area contributed by atoms with Gasteiger partial charge >= 0.3 is 0 Å². The Morgan fingerprint density at radius 2 is 1.34 bits per heavy atom. The number of aliphatic hydroxyl groups excluding tert-OH is 8. The van der Waals surface area contributed by atoms with Gasteiger partial charge in [0.1, 0.15) is 61.0 Å². The number of ether oxygens (including phenoxy) is 8. The van der Waals surface area contributed by atoms with E-state index in [0.717, 1.165) is 38.5 Å². The van der Waals surface area contributed by atoms with E-state index in [1.807, 2.05) is 0 Å². The maximum absolute atomic E-state index is 13.0. The molecule has 5 aliphatic heterocycles. The van der Waals surface area contributed by atoms with Gasteiger partial charge in [0, 0.05) is 30.1 Å². The van der Waals surface area contributed by atoms with Crippen LogP contribution in [0.4, 0.5) is 0 Å². The van der Waals surface area contributed by atoms with Crippen molar-refractivity contribution in [3.8, 4) is 0 Å². The van der Waals surface area contributed by atoms with E-state index in [0.29, 0.717) is 31.8 Å². The lowest BCUT2D eigenvalue weighted by atomic mass is 9.45. The molecule has 0 radical (unpaired) electrons. The number of hydrogen-bond acceptors (Lipinski definition) is 17. The molecule has 3 saturated carbocycles. The van der Waals surface area contributed by atoms with Crippen molar-refractivity contribution in [2.45, 2.75) is 215 Å². The second-order valence-electron chi connectivity index (χ2n) is 21.2. The first-order valence-electron chi connectivity index (χ1n) is 23.3. The molecular weight excluding hydrogens is 812 g/mol. The van der Waals surface area contributed by atoms with Gasteiger partial charge in [-0.2, -0.15) is 0 Å². The van der Waals surface area contributed by atoms with Gasteiger partial charge in [-0.3, -0.25) is 0 Å². The summed E-state index contributed by atoms with van der Waals surface area (Å²) in [5.41, 5.74) is -0.167. The van der Waals surface area contributed by atoms with E-state index in [1.54, 1.807) is 0 Å². The highest BCUT2D eigenvalue weighted by molar-refractivity contribution is 5.29. The molecule has 1 unspecified atom stereocenters. The molecule has 0 aromatic heterocycles. The Bertz CT molecular complexity index is 1640. The third-order valence-electron chi connectivity index (χ3n) is 17.8. The fraction of sp³-hybridized carbons (Fsp3) is 0.956. The number of fused-ring (bicyclic) bond motifs is 7. The standard InChI is InChI=1S/C45H72O17/c1-19-9-14-45(55-18-19)20(2)29-27(62-45)16-44(54)26-8-7-23-15-24(10-12-42(23,5)25(26)11-13-43(29,44)6)58-41-38(61-40-35(52)33(50)31(48)22(4)57-40)36(53)37(28(17-46)59-41)60-39-34(51)32(49)30(47)21(3)56-39/h7,19-22,24-41,46-54H,8-18H2,1-6H3/t19?,20-,21-,22-,24-,25-,26+,27-,28+,29-,30-,31-,32+,33+,34+,35+,36-,37+,38+,39-,40-,41+,42-,43+,44+,45+/m0/s1. The van der Waals surface area contributed by atoms with Gasteiger partial charge in [0.05, 0.1) is 43.2 Å². The molecule has 9 rings (SSSR count). The molecule has 1 spiro atoms. The van der Waals surface area contributed by atoms with E-state index in [1.165, 1.54) is 19.4 Å². The van der Waals surface area contributed by atoms with Gasteiger partial charge in [0.15, 0.2) is 24.7 Å². The van der Waals surface area contributed by atoms with E-state index in [4.69, 9.17) is 37.9 Å². The molecule has 5 saturated heterocycles. The third-order valence-corrected chi connectivity index (χ3v) is 17.8. The summed E-state index contributed by atoms with van der Waals surface area (Å²) in [5, 5.41) is 98.9. The average Bonchev–Trinajstić information content (AvgIpc) is 3.64. The minimum atomic E-state index is -1.73. The third kappa shape index (κ3) is 7.13. The molecule has 8 fully saturated rings. The fourth-order valence-electron chi connectivity index (χ4n) is 13.9. The predicted molar refractivity (Wildman–Crippen MR) is 214 cm³/mol. The van der Waals surface area contributed by atoms with E-state index in [-0.39, 0.29) is 40.6 Å². The lowest BCUT2D eigenvalue weighted by molar-refractivity contribution is -0.388. The van der Waals surface area contributed by atoms with Gasteiger partial charge in [-0.25, -0.2) is 0 Å². The Balaban J connectivity index is 0.928. The monoisotopic (exact) mass is 884 g/mol. The van der Waals surface area contributed by atoms with Crippen molar-refractivity contribution < 1.29 is 83.9 Å². The Morgan fingerprint density at radius 1 is 0.694 bits per heavy atom. The number of hydrogen-bond donors (Lipinski definition) is 9. The van der Waals surface area contributed by atoms with E-state index in [9.17, 15) is 46.0 Å². The molecule has 9 aliphatic rings. The van der Waals surface area contributed by atoms with Crippen LogP contribution in [-0.4, -0.2) is 175 Å². The molecule has 9 N–H and O–H groups in total. The summed E-state index contributed by atoms with van der Waals surface area (Å²) in [6, 6.07) is 0. The Labute approximate surface area is 363 Å². The molecule has 4 aliphatic carbocycles. The largest absolute Gasteiger partial charge is 0.394 e. The molecule has 0 bridgehead atoms. The van der Waals surface area contributed by atoms with Crippen LogP contribution in [0.25, 0.3) is 0 Å². The summed E-state index contributed by atoms with van der Waals surface area (Å²) < 4.78 is 49.9. The molecule has 0 aromatic carbocycles. The van der Waals surface area contributed by atoms with Gasteiger partial charge < -0.3 is 83.9 Å². The van der Waals surface area contributed by atoms with Crippen LogP contribution in [0.1, 0.15) is 99.3 Å². The van der Waals surface area contributed by atoms with Crippen molar-refractivity contribution in [1.82, 2.24) is 0 Å². The highest BCUT2D eigenvalue weighted by Crippen LogP contribution is 2.72. The van der Waals surface area contributed by atoms with Crippen molar-refractivity contribution in [1.29, 1.82) is 0 Å². The van der Waals surface area contributed by atoms with Crippen LogP contribution in [-0.2, 0) is 37.9 Å². The summed E-state index contributed by atoms with van der Waals surface area (Å²) in [5.74, 6) is 0.639. The Morgan fingerprint density at radius 3 is 1.95 bits per heavy atom. The maximum Gasteiger partial charge on any atom is 0.187 e. The van der Waals surface area contributed by atoms with Crippen LogP contribution in [0.2, 0.25) is 0 Å². The molecule has 354 valence electrons. The van der Waals surface area contributed by atoms with Crippen molar-refractivity contribution in [2.24, 2.45) is 40.4 Å². The molecular formula is C45H72O17. The quantitative estimate of drug-likeness (QED) is 0.157. The summed E-state index contributed by atoms with van der Waals surface area (Å²) >= 11 is 0. The SMILES string of the molecule is CC1CC[C@@]2(OC1)O[C@H]1C[C@@]3(O)[C@@H]4CC=C5C[C@@H](O[C@@H]6O[C@H](CO)[C@@H](O[C@@H]7O[C@@H](C)[C@H](O)[C@@H](O)[C@H]7O)[C@H](O)[C@H]6O[C@@H]6O[C@@H](C)[C@H](O)[C@@H](O)[C@H]6O)CC[C@]5(C)[C@H]4CC[C@]3(C)[C@H]1[C@@H]2C. The Hall–Kier alpha value is -0.940. The first-order valence-corrected chi connectivity index (χ1v) is 23.3. The second-order valence-corrected chi connectivity index (χ2v) is 21.2. The topological polar surface area (TPSA) is 256 Å². The average molecular weight is 885 g/mol. The van der Waals surface area contributed by atoms with Crippen molar-refractivity contribution in [3.63, 3.8) is 0 Å². The highest BCUT2D eigenvalue weighted by Gasteiger charge is 2.74. The maximum atomic E-state index is 13.0. The van der Waals surface area contributed by atoms with Gasteiger partial charge in [0.2, 0.25) is 0 Å². The van der Waals surface area contributed by atoms with Gasteiger partial charge in [-0.15, -0.1) is 0 Å². The van der Waals surface area contributed by atoms with Crippen LogP contribution in [0.15, 0.2) is 11.6 Å². The molecule has 5 heterocycles. The van der Waals surface area contributed by atoms with Gasteiger partial charge in [0.25, 0.3) is 0 Å². The number of aliphatic hydroxyl groups is 9. The minimum absolute atomic E-state index is 0.0526. The zero-order valence-corrected chi connectivity index (χ0v) is 36.8. The lowest BCUT2D eigenvalue weighted by Gasteiger charge is -2.62. The summed E-state index contributed by atoms with van der Waals surface area (Å²) in [6.45, 7) is 12.1. The summed E-state index contributed by atoms with van der Waals surface area (Å²) in [4.78, 5) is 0. The zero-order chi connectivity index (χ0) is 44.4. The van der Waals surface area contributed by atoms with E-state index in [2.05, 4.69) is 33.8 Å². The molecule has 17 heteroatoms. The summed E-state index contributed by atoms with van der Waals surface area (Å²) in [6.07, 6.45) is -12.9. The second kappa shape index (κ2) is 16.7. The smallest absolute Gasteiger partial charge is 0.187 e. The number of rotatable bonds is 7. The minimum Gasteiger partial charge on any atom is -0.394 e. The molecule has 0 amide bonds. The molecule has 26 atom stereocenters. The van der Waals surface area contributed by atoms with Crippen LogP contribution in [0, 0.1) is 40.4 Å². The molecule has 0 aromatic rings. The van der Waals surface area contributed by atoms with Gasteiger partial charge in [-0.05, 0) is 82.0 Å². The predicted octanol–water partition coefficient (Wildman–Crippen LogP) is 0.357. The van der Waals surface area contributed by atoms with Crippen LogP contribution >= 0.6 is 0 Å². The van der Waals surface area contributed by atoms with E-state index < -0.39 is 116 Å². The zero-order valence-electron chi connectivity index (χ0n) is 36.8. The van der Waals surface area contributed by atoms with Gasteiger partial charge in [-0.1, -0.05) is 39.3 Å². The number of allylic oxidation sites excluding steroid dienone is 1. The summed E-state index contributed by atoms with van der Waals surface area (Å²) in [7, 11) is 0. The van der Waals surface area contributed by atoms with Crippen molar-refractivity contribution in [2.75, 3.05) is 13.2 Å². The molecule has 62 heavy (non-hydrogen) atoms. The van der Waals surface area contributed by atoms with Crippen molar-refractivity contribution in [3.05, 3.63) is 11.6 Å². The van der Waals surface area contributed by atoms with E-state index >= 15 is 0 Å². The Kier molecular flexibility index (Phi) is 12.4. The van der Waals surface area contributed by atoms with Crippen LogP contribution < -0.4 is 0 Å². The van der Waals surface area contributed by atoms with Crippen LogP contribution in [0.5, 0.6) is 0 Å². The fourth-order valence-corrected chi connectivity index (χ4v) is 13.9. The van der Waals surface area contributed by atoms with Crippen molar-refractivity contribution >= 4 is 0 Å². The first-order chi connectivity index (χ1) is 29.3. The van der Waals surface area contributed by atoms with Crippen LogP contribution in [0.3, 0.4) is 0 Å². The highest BCUT2D eigenvalue weighted by atomic mass is 16.8.